The first-order chi connectivity index (χ1) is 34.3. The van der Waals surface area contributed by atoms with Crippen molar-refractivity contribution in [2.24, 2.45) is 0 Å². The van der Waals surface area contributed by atoms with E-state index in [0.29, 0.717) is 28.7 Å². The third-order valence-corrected chi connectivity index (χ3v) is 14.7. The monoisotopic (exact) mass is 1010 g/mol. The number of fused-ring (bicyclic) bond motifs is 4. The van der Waals surface area contributed by atoms with Crippen LogP contribution in [0.15, 0.2) is 119 Å². The quantitative estimate of drug-likeness (QED) is 0.0402. The number of carbonyl (C=O) groups is 4. The summed E-state index contributed by atoms with van der Waals surface area (Å²) in [6, 6.07) is 27.9. The maximum Gasteiger partial charge on any atom is 0.296 e. The van der Waals surface area contributed by atoms with Crippen LogP contribution in [0.4, 0.5) is 63.3 Å². The Bertz CT molecular complexity index is 3580. The molecule has 0 radical (unpaired) electrons. The predicted octanol–water partition coefficient (Wildman–Crippen LogP) is 9.16. The van der Waals surface area contributed by atoms with E-state index in [1.54, 1.807) is 72.8 Å². The number of nitrogens with one attached hydrogen (secondary N) is 4. The number of aromatic nitrogens is 3. The Morgan fingerprint density at radius 2 is 0.903 bits per heavy atom. The minimum absolute atomic E-state index is 0.0199. The molecule has 1 saturated carbocycles. The molecule has 12 N–H and O–H groups in total. The number of rotatable bonds is 12. The van der Waals surface area contributed by atoms with Gasteiger partial charge >= 0.3 is 0 Å². The van der Waals surface area contributed by atoms with Crippen LogP contribution in [0, 0.1) is 0 Å². The van der Waals surface area contributed by atoms with Gasteiger partial charge in [-0.25, -0.2) is 0 Å². The molecule has 1 aromatic heterocycles. The summed E-state index contributed by atoms with van der Waals surface area (Å²) in [7, 11) is -7.53. The zero-order chi connectivity index (χ0) is 50.8. The molecule has 22 heteroatoms. The van der Waals surface area contributed by atoms with Gasteiger partial charge in [-0.1, -0.05) is 79.9 Å². The molecule has 6 aromatic carbocycles. The molecule has 0 spiro atoms. The lowest BCUT2D eigenvalue weighted by Gasteiger charge is -2.31. The summed E-state index contributed by atoms with van der Waals surface area (Å²) in [6.07, 6.45) is 5.03. The lowest BCUT2D eigenvalue weighted by atomic mass is 9.82. The number of hydrogen-bond acceptors (Lipinski definition) is 19. The van der Waals surface area contributed by atoms with E-state index in [9.17, 15) is 45.8 Å². The summed E-state index contributed by atoms with van der Waals surface area (Å²) in [5.74, 6) is -1.87. The van der Waals surface area contributed by atoms with E-state index in [4.69, 9.17) is 26.4 Å². The number of carbonyl (C=O) groups excluding carboxylic acids is 4. The van der Waals surface area contributed by atoms with Crippen molar-refractivity contribution < 1.29 is 45.8 Å². The van der Waals surface area contributed by atoms with Crippen molar-refractivity contribution in [1.82, 2.24) is 15.0 Å². The molecule has 3 aliphatic carbocycles. The number of ketones is 4. The molecule has 20 nitrogen and oxygen atoms in total. The van der Waals surface area contributed by atoms with Crippen molar-refractivity contribution in [2.75, 3.05) is 44.7 Å². The summed E-state index contributed by atoms with van der Waals surface area (Å²) in [6.45, 7) is 0. The van der Waals surface area contributed by atoms with Crippen LogP contribution in [0.2, 0.25) is 0 Å². The molecule has 0 bridgehead atoms. The molecule has 72 heavy (non-hydrogen) atoms. The molecule has 7 aromatic rings. The van der Waals surface area contributed by atoms with Crippen LogP contribution in [0.25, 0.3) is 0 Å². The van der Waals surface area contributed by atoms with Crippen LogP contribution in [-0.2, 0) is 10.1 Å². The van der Waals surface area contributed by atoms with Gasteiger partial charge < -0.3 is 51.3 Å². The number of hydrogen-bond donors (Lipinski definition) is 10. The highest BCUT2D eigenvalue weighted by Gasteiger charge is 2.39. The number of nitrogens with two attached hydrogens (primary N) is 2. The summed E-state index contributed by atoms with van der Waals surface area (Å²) in [5.41, 5.74) is 12.3. The number of benzene rings is 6. The molecule has 0 saturated heterocycles. The second-order valence-corrected chi connectivity index (χ2v) is 20.3. The van der Waals surface area contributed by atoms with Gasteiger partial charge in [-0.2, -0.15) is 23.4 Å². The van der Waals surface area contributed by atoms with E-state index in [2.05, 4.69) is 21.3 Å². The normalized spacial score (nSPS) is 14.7. The SMILES string of the molecule is CN(c1nc(Nc2cccc(Nc3cc(S(O)(O)O)c(N)c4c3C(=O)c3ccccc3C4=O)c2)nc(Nc2cccc(Nc3cc(S(=O)(=O)O)c(N)c4c3C(=O)c3ccccc3C4=O)c2)n1)C1CCCCC1. The van der Waals surface area contributed by atoms with Gasteiger partial charge in [0.15, 0.2) is 23.1 Å². The molecule has 0 aliphatic heterocycles. The van der Waals surface area contributed by atoms with E-state index >= 15 is 0 Å². The predicted molar refractivity (Wildman–Crippen MR) is 273 cm³/mol. The average Bonchev–Trinajstić information content (AvgIpc) is 3.35. The van der Waals surface area contributed by atoms with Crippen LogP contribution in [0.5, 0.6) is 0 Å². The first kappa shape index (κ1) is 47.4. The summed E-state index contributed by atoms with van der Waals surface area (Å²) < 4.78 is 66.4. The number of anilines is 11. The Morgan fingerprint density at radius 3 is 1.32 bits per heavy atom. The van der Waals surface area contributed by atoms with Crippen LogP contribution in [-0.4, -0.2) is 77.8 Å². The fourth-order valence-electron chi connectivity index (χ4n) is 9.41. The molecule has 0 unspecified atom stereocenters. The molecule has 0 amide bonds. The standard InChI is InChI=1S/C50H44N10O10S2/c1-60(29-15-3-2-4-16-29)50-58-48(55-27-13-9-11-25(21-27)53-34-23-36(71(65,66)67)42(51)40-38(34)44(61)30-17-5-7-19-32(30)46(40)63)57-49(59-50)56-28-14-10-12-26(22-28)54-35-24-37(72(68,69)70)43(52)41-39(35)45(62)31-18-6-8-20-33(31)47(41)64/h5-14,17-24,29,53-54,65-67H,2-4,15-16,51-52H2,1H3,(H,68,69,70)(H2,55,56,57,58,59). The van der Waals surface area contributed by atoms with Crippen molar-refractivity contribution in [3.05, 3.63) is 154 Å². The Balaban J connectivity index is 0.978. The maximum absolute atomic E-state index is 14.0. The largest absolute Gasteiger partial charge is 0.397 e. The highest BCUT2D eigenvalue weighted by molar-refractivity contribution is 8.19. The molecule has 1 fully saturated rings. The van der Waals surface area contributed by atoms with Crippen LogP contribution < -0.4 is 37.6 Å². The highest BCUT2D eigenvalue weighted by Crippen LogP contribution is 2.52. The highest BCUT2D eigenvalue weighted by atomic mass is 32.3. The molecule has 3 aliphatic rings. The van der Waals surface area contributed by atoms with Gasteiger partial charge in [-0.3, -0.25) is 23.7 Å². The molecular formula is C50H44N10O10S2. The van der Waals surface area contributed by atoms with E-state index in [1.807, 2.05) is 11.9 Å². The van der Waals surface area contributed by atoms with Crippen LogP contribution in [0.3, 0.4) is 0 Å². The number of nitrogen functional groups attached to an aromatic ring is 2. The summed E-state index contributed by atoms with van der Waals surface area (Å²) >= 11 is 0. The van der Waals surface area contributed by atoms with Crippen molar-refractivity contribution in [2.45, 2.75) is 47.9 Å². The maximum atomic E-state index is 14.0. The Morgan fingerprint density at radius 1 is 0.514 bits per heavy atom. The van der Waals surface area contributed by atoms with Crippen LogP contribution >= 0.6 is 10.9 Å². The first-order valence-electron chi connectivity index (χ1n) is 22.4. The fraction of sp³-hybridized carbons (Fsp3) is 0.140. The minimum Gasteiger partial charge on any atom is -0.397 e. The van der Waals surface area contributed by atoms with Gasteiger partial charge in [0.2, 0.25) is 17.8 Å². The molecule has 366 valence electrons. The zero-order valence-corrected chi connectivity index (χ0v) is 39.6. The van der Waals surface area contributed by atoms with E-state index in [-0.39, 0.29) is 73.8 Å². The topological polar surface area (TPSA) is 325 Å². The minimum atomic E-state index is -4.96. The first-order valence-corrected chi connectivity index (χ1v) is 25.3. The third-order valence-electron chi connectivity index (χ3n) is 12.8. The van der Waals surface area contributed by atoms with Crippen molar-refractivity contribution in [3.8, 4) is 0 Å². The van der Waals surface area contributed by atoms with Gasteiger partial charge in [0, 0.05) is 58.1 Å². The van der Waals surface area contributed by atoms with E-state index in [0.717, 1.165) is 44.2 Å². The average molecular weight is 1010 g/mol. The Hall–Kier alpha value is -8.25. The van der Waals surface area contributed by atoms with E-state index in [1.165, 1.54) is 24.3 Å². The lowest BCUT2D eigenvalue weighted by molar-refractivity contribution is 0.0980. The van der Waals surface area contributed by atoms with Gasteiger partial charge in [-0.15, -0.1) is 0 Å². The Kier molecular flexibility index (Phi) is 12.0. The van der Waals surface area contributed by atoms with E-state index < -0.39 is 65.3 Å². The summed E-state index contributed by atoms with van der Waals surface area (Å²) in [5, 5.41) is 12.6. The number of nitrogens with zero attached hydrogens (tertiary/aromatic N) is 4. The fourth-order valence-corrected chi connectivity index (χ4v) is 10.7. The lowest BCUT2D eigenvalue weighted by Crippen LogP contribution is -2.34. The van der Waals surface area contributed by atoms with Gasteiger partial charge in [-0.05, 0) is 61.4 Å². The Labute approximate surface area is 412 Å². The second kappa shape index (κ2) is 18.2. The third kappa shape index (κ3) is 8.71. The summed E-state index contributed by atoms with van der Waals surface area (Å²) in [4.78, 5) is 70.5. The molecule has 1 heterocycles. The van der Waals surface area contributed by atoms with Crippen molar-refractivity contribution in [3.63, 3.8) is 0 Å². The van der Waals surface area contributed by atoms with Gasteiger partial charge in [0.25, 0.3) is 10.1 Å². The molecule has 10 rings (SSSR count). The molecule has 0 atom stereocenters. The van der Waals surface area contributed by atoms with Crippen molar-refractivity contribution >= 4 is 107 Å². The van der Waals surface area contributed by atoms with Crippen LogP contribution in [0.1, 0.15) is 95.8 Å². The second-order valence-electron chi connectivity index (χ2n) is 17.4. The van der Waals surface area contributed by atoms with Crippen molar-refractivity contribution in [1.29, 1.82) is 0 Å². The smallest absolute Gasteiger partial charge is 0.296 e. The zero-order valence-electron chi connectivity index (χ0n) is 38.0. The molecular weight excluding hydrogens is 965 g/mol. The van der Waals surface area contributed by atoms with Gasteiger partial charge in [0.05, 0.1) is 49.9 Å². The van der Waals surface area contributed by atoms with Gasteiger partial charge in [0.1, 0.15) is 15.8 Å².